The van der Waals surface area contributed by atoms with Crippen LogP contribution in [0.1, 0.15) is 23.2 Å². The van der Waals surface area contributed by atoms with Crippen molar-refractivity contribution in [2.75, 3.05) is 55.2 Å². The second kappa shape index (κ2) is 9.41. The number of nitrogen functional groups attached to an aromatic ring is 1. The first-order chi connectivity index (χ1) is 16.9. The minimum atomic E-state index is -0.672. The highest BCUT2D eigenvalue weighted by molar-refractivity contribution is 6.12. The Kier molecular flexibility index (Phi) is 6.16. The number of piperazine rings is 1. The van der Waals surface area contributed by atoms with Crippen LogP contribution in [0.25, 0.3) is 5.65 Å². The van der Waals surface area contributed by atoms with E-state index in [1.54, 1.807) is 4.90 Å². The summed E-state index contributed by atoms with van der Waals surface area (Å²) in [6.07, 6.45) is 5.59. The van der Waals surface area contributed by atoms with E-state index in [0.29, 0.717) is 39.0 Å². The summed E-state index contributed by atoms with van der Waals surface area (Å²) in [6.45, 7) is 3.87. The van der Waals surface area contributed by atoms with Crippen LogP contribution in [0.5, 0.6) is 0 Å². The number of nitrogens with one attached hydrogen (secondary N) is 2. The molecule has 5 rings (SSSR count). The number of pyridine rings is 1. The molecule has 0 atom stereocenters. The summed E-state index contributed by atoms with van der Waals surface area (Å²) in [5.74, 6) is -2.02. The van der Waals surface area contributed by atoms with Gasteiger partial charge in [0.2, 0.25) is 5.91 Å². The normalized spacial score (nSPS) is 17.1. The highest BCUT2D eigenvalue weighted by Gasteiger charge is 2.31. The van der Waals surface area contributed by atoms with Crippen molar-refractivity contribution >= 4 is 34.7 Å². The van der Waals surface area contributed by atoms with Gasteiger partial charge in [0.05, 0.1) is 30.5 Å². The molecule has 13 heteroatoms. The molecule has 35 heavy (non-hydrogen) atoms. The lowest BCUT2D eigenvalue weighted by atomic mass is 9.94. The molecule has 0 unspecified atom stereocenters. The lowest BCUT2D eigenvalue weighted by molar-refractivity contribution is -0.136. The van der Waals surface area contributed by atoms with Crippen LogP contribution in [0.15, 0.2) is 24.8 Å². The van der Waals surface area contributed by atoms with Gasteiger partial charge in [-0.15, -0.1) is 5.10 Å². The third-order valence-electron chi connectivity index (χ3n) is 6.41. The Balaban J connectivity index is 1.33. The standard InChI is InChI=1S/C22H25F2N9O2/c23-14-9-28-20-17(19(25)30-33(20)12-14)21(34)29-16-11-27-10-15(24)18(16)31-5-1-13(2-6-31)22(35)32-7-3-26-4-8-32/h9-13,26H,1-8H2,(H2,25,30)(H,29,34). The summed E-state index contributed by atoms with van der Waals surface area (Å²) in [6, 6.07) is 0. The number of amides is 2. The highest BCUT2D eigenvalue weighted by Crippen LogP contribution is 2.33. The molecule has 2 fully saturated rings. The van der Waals surface area contributed by atoms with Gasteiger partial charge in [0.15, 0.2) is 23.1 Å². The highest BCUT2D eigenvalue weighted by atomic mass is 19.1. The molecule has 184 valence electrons. The van der Waals surface area contributed by atoms with E-state index in [2.05, 4.69) is 25.7 Å². The first-order valence-electron chi connectivity index (χ1n) is 11.4. The number of nitrogens with zero attached hydrogens (tertiary/aromatic N) is 6. The molecule has 4 N–H and O–H groups in total. The smallest absolute Gasteiger partial charge is 0.263 e. The van der Waals surface area contributed by atoms with E-state index in [9.17, 15) is 18.4 Å². The third kappa shape index (κ3) is 4.46. The molecule has 0 radical (unpaired) electrons. The number of piperidine rings is 1. The number of carbonyl (C=O) groups excluding carboxylic acids is 2. The van der Waals surface area contributed by atoms with Crippen LogP contribution in [-0.4, -0.2) is 75.6 Å². The molecule has 2 saturated heterocycles. The van der Waals surface area contributed by atoms with Crippen molar-refractivity contribution in [2.24, 2.45) is 5.92 Å². The maximum atomic E-state index is 14.9. The number of rotatable bonds is 4. The van der Waals surface area contributed by atoms with Gasteiger partial charge in [-0.05, 0) is 12.8 Å². The molecular weight excluding hydrogens is 460 g/mol. The van der Waals surface area contributed by atoms with Crippen molar-refractivity contribution < 1.29 is 18.4 Å². The Bertz CT molecular complexity index is 1270. The Labute approximate surface area is 199 Å². The minimum absolute atomic E-state index is 0.0551. The fraction of sp³-hybridized carbons (Fsp3) is 0.409. The number of carbonyl (C=O) groups is 2. The molecule has 0 spiro atoms. The number of fused-ring (bicyclic) bond motifs is 1. The van der Waals surface area contributed by atoms with Gasteiger partial charge in [0, 0.05) is 45.2 Å². The van der Waals surface area contributed by atoms with Crippen molar-refractivity contribution in [1.82, 2.24) is 29.8 Å². The molecule has 11 nitrogen and oxygen atoms in total. The van der Waals surface area contributed by atoms with Crippen LogP contribution in [-0.2, 0) is 4.79 Å². The van der Waals surface area contributed by atoms with E-state index >= 15 is 0 Å². The zero-order chi connectivity index (χ0) is 24.5. The van der Waals surface area contributed by atoms with Gasteiger partial charge in [-0.1, -0.05) is 0 Å². The number of halogens is 2. The molecule has 2 aliphatic heterocycles. The molecule has 0 saturated carbocycles. The fourth-order valence-electron chi connectivity index (χ4n) is 4.67. The molecule has 2 amide bonds. The summed E-state index contributed by atoms with van der Waals surface area (Å²) in [4.78, 5) is 37.4. The number of aromatic nitrogens is 4. The molecule has 3 aromatic rings. The van der Waals surface area contributed by atoms with Gasteiger partial charge in [0.1, 0.15) is 11.3 Å². The first kappa shape index (κ1) is 22.9. The Morgan fingerprint density at radius 1 is 1.09 bits per heavy atom. The third-order valence-corrected chi connectivity index (χ3v) is 6.41. The molecular formula is C22H25F2N9O2. The zero-order valence-corrected chi connectivity index (χ0v) is 18.9. The van der Waals surface area contributed by atoms with Crippen molar-refractivity contribution in [3.63, 3.8) is 0 Å². The summed E-state index contributed by atoms with van der Waals surface area (Å²) < 4.78 is 29.5. The second-order valence-corrected chi connectivity index (χ2v) is 8.61. The van der Waals surface area contributed by atoms with Crippen LogP contribution < -0.4 is 21.3 Å². The largest absolute Gasteiger partial charge is 0.381 e. The Hall–Kier alpha value is -3.87. The predicted molar refractivity (Wildman–Crippen MR) is 124 cm³/mol. The van der Waals surface area contributed by atoms with E-state index in [0.717, 1.165) is 36.2 Å². The van der Waals surface area contributed by atoms with Crippen molar-refractivity contribution in [2.45, 2.75) is 12.8 Å². The average Bonchev–Trinajstić information content (AvgIpc) is 3.19. The molecule has 0 aromatic carbocycles. The van der Waals surface area contributed by atoms with E-state index in [-0.39, 0.29) is 40.2 Å². The molecule has 0 bridgehead atoms. The summed E-state index contributed by atoms with van der Waals surface area (Å²) in [5, 5.41) is 9.81. The van der Waals surface area contributed by atoms with E-state index in [1.807, 2.05) is 4.90 Å². The van der Waals surface area contributed by atoms with Gasteiger partial charge >= 0.3 is 0 Å². The molecule has 3 aromatic heterocycles. The quantitative estimate of drug-likeness (QED) is 0.496. The van der Waals surface area contributed by atoms with Gasteiger partial charge in [-0.25, -0.2) is 18.3 Å². The lowest BCUT2D eigenvalue weighted by Crippen LogP contribution is -2.50. The van der Waals surface area contributed by atoms with Gasteiger partial charge < -0.3 is 26.2 Å². The minimum Gasteiger partial charge on any atom is -0.381 e. The number of hydrogen-bond donors (Lipinski definition) is 3. The SMILES string of the molecule is Nc1nn2cc(F)cnc2c1C(=O)Nc1cncc(F)c1N1CCC(C(=O)N2CCNCC2)CC1. The molecule has 0 aliphatic carbocycles. The maximum absolute atomic E-state index is 14.9. The lowest BCUT2D eigenvalue weighted by Gasteiger charge is -2.37. The van der Waals surface area contributed by atoms with E-state index in [1.165, 1.54) is 6.20 Å². The van der Waals surface area contributed by atoms with Crippen LogP contribution >= 0.6 is 0 Å². The molecule has 2 aliphatic rings. The topological polar surface area (TPSA) is 134 Å². The van der Waals surface area contributed by atoms with Crippen LogP contribution in [0, 0.1) is 17.6 Å². The Morgan fingerprint density at radius 2 is 1.83 bits per heavy atom. The summed E-state index contributed by atoms with van der Waals surface area (Å²) in [7, 11) is 0. The van der Waals surface area contributed by atoms with Crippen molar-refractivity contribution in [3.8, 4) is 0 Å². The summed E-state index contributed by atoms with van der Waals surface area (Å²) >= 11 is 0. The average molecular weight is 485 g/mol. The van der Waals surface area contributed by atoms with Gasteiger partial charge in [-0.3, -0.25) is 14.6 Å². The van der Waals surface area contributed by atoms with Crippen molar-refractivity contribution in [1.29, 1.82) is 0 Å². The van der Waals surface area contributed by atoms with Crippen LogP contribution in [0.4, 0.5) is 26.0 Å². The second-order valence-electron chi connectivity index (χ2n) is 8.61. The zero-order valence-electron chi connectivity index (χ0n) is 18.9. The fourth-order valence-corrected chi connectivity index (χ4v) is 4.67. The van der Waals surface area contributed by atoms with Crippen LogP contribution in [0.3, 0.4) is 0 Å². The Morgan fingerprint density at radius 3 is 2.57 bits per heavy atom. The van der Waals surface area contributed by atoms with Gasteiger partial charge in [0.25, 0.3) is 5.91 Å². The van der Waals surface area contributed by atoms with Gasteiger partial charge in [-0.2, -0.15) is 0 Å². The summed E-state index contributed by atoms with van der Waals surface area (Å²) in [5.41, 5.74) is 6.24. The molecule has 5 heterocycles. The number of nitrogens with two attached hydrogens (primary N) is 1. The number of hydrogen-bond acceptors (Lipinski definition) is 8. The monoisotopic (exact) mass is 485 g/mol. The first-order valence-corrected chi connectivity index (χ1v) is 11.4. The van der Waals surface area contributed by atoms with E-state index < -0.39 is 17.5 Å². The predicted octanol–water partition coefficient (Wildman–Crippen LogP) is 0.885. The maximum Gasteiger partial charge on any atom is 0.263 e. The van der Waals surface area contributed by atoms with E-state index in [4.69, 9.17) is 5.73 Å². The van der Waals surface area contributed by atoms with Crippen molar-refractivity contribution in [3.05, 3.63) is 42.0 Å². The van der Waals surface area contributed by atoms with Crippen LogP contribution in [0.2, 0.25) is 0 Å². The number of anilines is 3.